The number of nitrogens with zero attached hydrogens (tertiary/aromatic N) is 2. The van der Waals surface area contributed by atoms with Gasteiger partial charge in [0, 0.05) is 17.1 Å². The maximum atomic E-state index is 5.54. The Balaban J connectivity index is 2.46. The Bertz CT molecular complexity index is 427. The van der Waals surface area contributed by atoms with Gasteiger partial charge in [-0.25, -0.2) is 9.97 Å². The van der Waals surface area contributed by atoms with Gasteiger partial charge in [0.05, 0.1) is 3.79 Å². The summed E-state index contributed by atoms with van der Waals surface area (Å²) < 4.78 is 1.06. The van der Waals surface area contributed by atoms with Crippen molar-refractivity contribution in [2.75, 3.05) is 5.73 Å². The highest BCUT2D eigenvalue weighted by Crippen LogP contribution is 2.26. The van der Waals surface area contributed by atoms with E-state index in [1.54, 1.807) is 23.6 Å². The number of hydrogen-bond donors (Lipinski definition) is 1. The fourth-order valence-corrected chi connectivity index (χ4v) is 2.07. The molecule has 5 heteroatoms. The third-order valence-electron chi connectivity index (χ3n) is 1.50. The molecule has 0 saturated heterocycles. The quantitative estimate of drug-likeness (QED) is 0.853. The molecule has 0 aromatic carbocycles. The number of thiophene rings is 1. The number of anilines is 1. The third-order valence-corrected chi connectivity index (χ3v) is 3.01. The summed E-state index contributed by atoms with van der Waals surface area (Å²) in [7, 11) is 0. The van der Waals surface area contributed by atoms with Crippen molar-refractivity contribution in [1.29, 1.82) is 0 Å². The van der Waals surface area contributed by atoms with Crippen LogP contribution in [0.3, 0.4) is 0 Å². The van der Waals surface area contributed by atoms with Crippen LogP contribution in [0.2, 0.25) is 0 Å². The second-order valence-electron chi connectivity index (χ2n) is 2.44. The average molecular weight is 256 g/mol. The molecule has 0 unspecified atom stereocenters. The van der Waals surface area contributed by atoms with Gasteiger partial charge in [-0.15, -0.1) is 11.3 Å². The van der Waals surface area contributed by atoms with E-state index in [1.807, 2.05) is 11.4 Å². The number of halogens is 1. The third kappa shape index (κ3) is 1.87. The van der Waals surface area contributed by atoms with Gasteiger partial charge in [0.15, 0.2) is 5.82 Å². The van der Waals surface area contributed by atoms with Crippen molar-refractivity contribution < 1.29 is 0 Å². The second kappa shape index (κ2) is 3.43. The van der Waals surface area contributed by atoms with Gasteiger partial charge < -0.3 is 5.73 Å². The zero-order valence-electron chi connectivity index (χ0n) is 6.57. The lowest BCUT2D eigenvalue weighted by Crippen LogP contribution is -1.93. The minimum absolute atomic E-state index is 0.493. The normalized spacial score (nSPS) is 10.2. The first-order valence-corrected chi connectivity index (χ1v) is 5.26. The molecule has 0 saturated carbocycles. The predicted octanol–water partition coefficient (Wildman–Crippen LogP) is 2.55. The summed E-state index contributed by atoms with van der Waals surface area (Å²) >= 11 is 4.98. The first-order valence-electron chi connectivity index (χ1n) is 3.58. The molecular formula is C8H6BrN3S. The molecule has 0 amide bonds. The van der Waals surface area contributed by atoms with Gasteiger partial charge in [-0.3, -0.25) is 0 Å². The van der Waals surface area contributed by atoms with Crippen LogP contribution in [0.25, 0.3) is 11.4 Å². The highest BCUT2D eigenvalue weighted by atomic mass is 79.9. The van der Waals surface area contributed by atoms with Crippen molar-refractivity contribution in [2.24, 2.45) is 0 Å². The van der Waals surface area contributed by atoms with Gasteiger partial charge in [-0.1, -0.05) is 0 Å². The second-order valence-corrected chi connectivity index (χ2v) is 4.74. The van der Waals surface area contributed by atoms with Gasteiger partial charge >= 0.3 is 0 Å². The van der Waals surface area contributed by atoms with Gasteiger partial charge in [0.2, 0.25) is 0 Å². The zero-order valence-corrected chi connectivity index (χ0v) is 8.97. The van der Waals surface area contributed by atoms with E-state index in [9.17, 15) is 0 Å². The molecule has 13 heavy (non-hydrogen) atoms. The number of rotatable bonds is 1. The summed E-state index contributed by atoms with van der Waals surface area (Å²) in [4.78, 5) is 8.23. The maximum Gasteiger partial charge on any atom is 0.162 e. The Morgan fingerprint density at radius 3 is 2.92 bits per heavy atom. The summed E-state index contributed by atoms with van der Waals surface area (Å²) in [5, 5.41) is 1.98. The average Bonchev–Trinajstić information content (AvgIpc) is 2.52. The number of hydrogen-bond acceptors (Lipinski definition) is 4. The molecule has 0 aliphatic carbocycles. The Morgan fingerprint density at radius 2 is 2.31 bits per heavy atom. The number of nitrogens with two attached hydrogens (primary N) is 1. The van der Waals surface area contributed by atoms with E-state index in [2.05, 4.69) is 25.9 Å². The van der Waals surface area contributed by atoms with E-state index in [0.29, 0.717) is 11.6 Å². The molecule has 0 fully saturated rings. The van der Waals surface area contributed by atoms with E-state index in [1.165, 1.54) is 0 Å². The Kier molecular flexibility index (Phi) is 2.28. The molecule has 3 nitrogen and oxygen atoms in total. The fraction of sp³-hybridized carbons (Fsp3) is 0. The maximum absolute atomic E-state index is 5.54. The molecule has 2 N–H and O–H groups in total. The monoisotopic (exact) mass is 255 g/mol. The van der Waals surface area contributed by atoms with Crippen LogP contribution < -0.4 is 5.73 Å². The smallest absolute Gasteiger partial charge is 0.162 e. The summed E-state index contributed by atoms with van der Waals surface area (Å²) in [5.74, 6) is 1.16. The lowest BCUT2D eigenvalue weighted by Gasteiger charge is -1.95. The van der Waals surface area contributed by atoms with Crippen molar-refractivity contribution in [2.45, 2.75) is 0 Å². The fourth-order valence-electron chi connectivity index (χ4n) is 0.939. The van der Waals surface area contributed by atoms with Crippen molar-refractivity contribution in [1.82, 2.24) is 9.97 Å². The van der Waals surface area contributed by atoms with E-state index >= 15 is 0 Å². The lowest BCUT2D eigenvalue weighted by molar-refractivity contribution is 1.19. The summed E-state index contributed by atoms with van der Waals surface area (Å²) in [5.41, 5.74) is 6.53. The standard InChI is InChI=1S/C8H6BrN3S/c9-6-3-5(4-13-6)8-11-2-1-7(10)12-8/h1-4H,(H2,10,11,12). The zero-order chi connectivity index (χ0) is 9.26. The van der Waals surface area contributed by atoms with Crippen LogP contribution in [0.4, 0.5) is 5.82 Å². The lowest BCUT2D eigenvalue weighted by atomic mass is 10.3. The van der Waals surface area contributed by atoms with E-state index in [-0.39, 0.29) is 0 Å². The van der Waals surface area contributed by atoms with Crippen LogP contribution >= 0.6 is 27.3 Å². The Hall–Kier alpha value is -0.940. The van der Waals surface area contributed by atoms with Crippen LogP contribution in [0.1, 0.15) is 0 Å². The van der Waals surface area contributed by atoms with E-state index < -0.39 is 0 Å². The van der Waals surface area contributed by atoms with Crippen LogP contribution in [0, 0.1) is 0 Å². The van der Waals surface area contributed by atoms with Gasteiger partial charge in [0.25, 0.3) is 0 Å². The van der Waals surface area contributed by atoms with Crippen LogP contribution in [-0.2, 0) is 0 Å². The highest BCUT2D eigenvalue weighted by Gasteiger charge is 2.03. The first kappa shape index (κ1) is 8.65. The first-order chi connectivity index (χ1) is 6.25. The molecule has 2 rings (SSSR count). The molecule has 66 valence electrons. The van der Waals surface area contributed by atoms with Gasteiger partial charge in [-0.2, -0.15) is 0 Å². The van der Waals surface area contributed by atoms with Gasteiger partial charge in [0.1, 0.15) is 5.82 Å². The predicted molar refractivity (Wildman–Crippen MR) is 57.5 cm³/mol. The molecule has 0 aliphatic heterocycles. The topological polar surface area (TPSA) is 51.8 Å². The summed E-state index contributed by atoms with van der Waals surface area (Å²) in [6.07, 6.45) is 1.66. The van der Waals surface area contributed by atoms with Crippen LogP contribution in [0.15, 0.2) is 27.5 Å². The molecule has 0 bridgehead atoms. The minimum atomic E-state index is 0.493. The van der Waals surface area contributed by atoms with Crippen molar-refractivity contribution in [3.63, 3.8) is 0 Å². The van der Waals surface area contributed by atoms with Crippen LogP contribution in [-0.4, -0.2) is 9.97 Å². The Labute approximate surface area is 87.8 Å². The number of aromatic nitrogens is 2. The molecule has 2 heterocycles. The van der Waals surface area contributed by atoms with Crippen LogP contribution in [0.5, 0.6) is 0 Å². The highest BCUT2D eigenvalue weighted by molar-refractivity contribution is 9.11. The summed E-state index contributed by atoms with van der Waals surface area (Å²) in [6, 6.07) is 3.64. The van der Waals surface area contributed by atoms with Gasteiger partial charge in [-0.05, 0) is 28.1 Å². The molecule has 0 atom stereocenters. The Morgan fingerprint density at radius 1 is 1.46 bits per heavy atom. The number of nitrogen functional groups attached to an aromatic ring is 1. The minimum Gasteiger partial charge on any atom is -0.384 e. The van der Waals surface area contributed by atoms with Crippen molar-refractivity contribution in [3.05, 3.63) is 27.5 Å². The molecular weight excluding hydrogens is 250 g/mol. The molecule has 0 spiro atoms. The molecule has 2 aromatic rings. The van der Waals surface area contributed by atoms with Crippen molar-refractivity contribution >= 4 is 33.1 Å². The largest absolute Gasteiger partial charge is 0.384 e. The molecule has 2 aromatic heterocycles. The molecule has 0 aliphatic rings. The van der Waals surface area contributed by atoms with Crippen molar-refractivity contribution in [3.8, 4) is 11.4 Å². The van der Waals surface area contributed by atoms with E-state index in [0.717, 1.165) is 9.35 Å². The van der Waals surface area contributed by atoms with E-state index in [4.69, 9.17) is 5.73 Å². The molecule has 0 radical (unpaired) electrons. The SMILES string of the molecule is Nc1ccnc(-c2csc(Br)c2)n1. The summed E-state index contributed by atoms with van der Waals surface area (Å²) in [6.45, 7) is 0.